The molecule has 0 radical (unpaired) electrons. The van der Waals surface area contributed by atoms with E-state index in [0.29, 0.717) is 25.7 Å². The van der Waals surface area contributed by atoms with E-state index in [4.69, 9.17) is 37.0 Å². The lowest BCUT2D eigenvalue weighted by Crippen LogP contribution is -2.30. The summed E-state index contributed by atoms with van der Waals surface area (Å²) in [7, 11) is -9.95. The monoisotopic (exact) mass is 1360 g/mol. The number of aliphatic hydroxyl groups is 1. The zero-order chi connectivity index (χ0) is 69.0. The number of hydrogen-bond acceptors (Lipinski definition) is 15. The molecular formula is C75H130O17P2. The van der Waals surface area contributed by atoms with Gasteiger partial charge in [0.1, 0.15) is 19.3 Å². The van der Waals surface area contributed by atoms with E-state index in [2.05, 4.69) is 125 Å². The molecule has 542 valence electrons. The van der Waals surface area contributed by atoms with Gasteiger partial charge in [-0.2, -0.15) is 0 Å². The lowest BCUT2D eigenvalue weighted by atomic mass is 10.1. The molecule has 3 N–H and O–H groups in total. The minimum atomic E-state index is -4.98. The number of hydrogen-bond donors (Lipinski definition) is 3. The van der Waals surface area contributed by atoms with Crippen molar-refractivity contribution in [2.45, 2.75) is 316 Å². The van der Waals surface area contributed by atoms with Crippen molar-refractivity contribution >= 4 is 39.5 Å². The molecule has 0 aromatic rings. The van der Waals surface area contributed by atoms with Gasteiger partial charge in [-0.15, -0.1) is 0 Å². The number of esters is 4. The maximum Gasteiger partial charge on any atom is 0.472 e. The first-order valence-electron chi connectivity index (χ1n) is 36.5. The largest absolute Gasteiger partial charge is 0.472 e. The van der Waals surface area contributed by atoms with Gasteiger partial charge in [0.15, 0.2) is 12.2 Å². The van der Waals surface area contributed by atoms with Gasteiger partial charge in [-0.25, -0.2) is 9.13 Å². The van der Waals surface area contributed by atoms with E-state index in [0.717, 1.165) is 167 Å². The van der Waals surface area contributed by atoms with Crippen molar-refractivity contribution in [3.05, 3.63) is 97.2 Å². The molecule has 0 saturated carbocycles. The average Bonchev–Trinajstić information content (AvgIpc) is 1.73. The summed E-state index contributed by atoms with van der Waals surface area (Å²) in [6.45, 7) is 4.59. The molecule has 5 unspecified atom stereocenters. The van der Waals surface area contributed by atoms with E-state index in [-0.39, 0.29) is 25.7 Å². The Balaban J connectivity index is 5.34. The lowest BCUT2D eigenvalue weighted by molar-refractivity contribution is -0.161. The molecule has 0 fully saturated rings. The highest BCUT2D eigenvalue weighted by atomic mass is 31.2. The smallest absolute Gasteiger partial charge is 0.462 e. The summed E-state index contributed by atoms with van der Waals surface area (Å²) >= 11 is 0. The van der Waals surface area contributed by atoms with Gasteiger partial charge < -0.3 is 33.8 Å². The molecular weight excluding hydrogens is 1230 g/mol. The number of rotatable bonds is 68. The van der Waals surface area contributed by atoms with Crippen LogP contribution in [0, 0.1) is 0 Å². The molecule has 0 spiro atoms. The van der Waals surface area contributed by atoms with Gasteiger partial charge in [0, 0.05) is 25.7 Å². The Morgan fingerprint density at radius 1 is 0.309 bits per heavy atom. The molecule has 0 aliphatic heterocycles. The molecule has 0 bridgehead atoms. The number of carbonyl (C=O) groups excluding carboxylic acids is 4. The Morgan fingerprint density at radius 2 is 0.564 bits per heavy atom. The summed E-state index contributed by atoms with van der Waals surface area (Å²) in [4.78, 5) is 72.6. The minimum Gasteiger partial charge on any atom is -0.462 e. The third-order valence-electron chi connectivity index (χ3n) is 15.0. The molecule has 0 aliphatic carbocycles. The molecule has 0 saturated heterocycles. The van der Waals surface area contributed by atoms with Crippen molar-refractivity contribution in [2.24, 2.45) is 0 Å². The minimum absolute atomic E-state index is 0.0768. The van der Waals surface area contributed by atoms with Crippen molar-refractivity contribution in [1.82, 2.24) is 0 Å². The molecule has 94 heavy (non-hydrogen) atoms. The van der Waals surface area contributed by atoms with Crippen molar-refractivity contribution in [3.63, 3.8) is 0 Å². The number of phosphoric acid groups is 2. The maximum atomic E-state index is 13.0. The molecule has 17 nitrogen and oxygen atoms in total. The first kappa shape index (κ1) is 90.0. The molecule has 5 atom stereocenters. The maximum absolute atomic E-state index is 13.0. The topological polar surface area (TPSA) is 237 Å². The fraction of sp³-hybridized carbons (Fsp3) is 0.733. The fourth-order valence-electron chi connectivity index (χ4n) is 9.38. The summed E-state index contributed by atoms with van der Waals surface area (Å²) in [5, 5.41) is 10.6. The highest BCUT2D eigenvalue weighted by Gasteiger charge is 2.30. The molecule has 0 rings (SSSR count). The van der Waals surface area contributed by atoms with Crippen molar-refractivity contribution < 1.29 is 80.2 Å². The number of aliphatic hydroxyl groups excluding tert-OH is 1. The SMILES string of the molecule is CC/C=C\C/C=C\C/C=C\C/C=C\C/C=C\CCCCCC(=O)OCC(COP(=O)(O)OCC(O)COP(=O)(O)OCC(COC(=O)CCCCCCC/C=C\CCCC)OC(=O)CCCCCCC/C=C\CCCC)OC(=O)CCCCCCC/C=C\CCCCCC. The predicted molar refractivity (Wildman–Crippen MR) is 381 cm³/mol. The van der Waals surface area contributed by atoms with Gasteiger partial charge in [-0.3, -0.25) is 37.3 Å². The van der Waals surface area contributed by atoms with Crippen molar-refractivity contribution in [3.8, 4) is 0 Å². The highest BCUT2D eigenvalue weighted by molar-refractivity contribution is 7.47. The van der Waals surface area contributed by atoms with Gasteiger partial charge in [-0.05, 0) is 135 Å². The number of carbonyl (C=O) groups is 4. The van der Waals surface area contributed by atoms with Gasteiger partial charge in [0.05, 0.1) is 26.4 Å². The van der Waals surface area contributed by atoms with Crippen LogP contribution in [0.5, 0.6) is 0 Å². The number of ether oxygens (including phenoxy) is 4. The second-order valence-corrected chi connectivity index (χ2v) is 27.0. The molecule has 0 amide bonds. The highest BCUT2D eigenvalue weighted by Crippen LogP contribution is 2.45. The normalized spacial score (nSPS) is 14.6. The number of phosphoric ester groups is 2. The van der Waals surface area contributed by atoms with Crippen LogP contribution in [-0.4, -0.2) is 96.7 Å². The van der Waals surface area contributed by atoms with E-state index in [1.807, 2.05) is 0 Å². The van der Waals surface area contributed by atoms with E-state index in [9.17, 15) is 43.2 Å². The Bertz CT molecular complexity index is 2170. The summed E-state index contributed by atoms with van der Waals surface area (Å²) in [6.07, 6.45) is 68.5. The van der Waals surface area contributed by atoms with Crippen LogP contribution in [-0.2, 0) is 65.4 Å². The van der Waals surface area contributed by atoms with Crippen LogP contribution in [0.2, 0.25) is 0 Å². The standard InChI is InChI=1S/C75H130O17P2/c1-5-9-13-17-21-25-29-31-32-33-34-35-36-38-41-44-48-52-56-60-73(78)86-66-71(92-75(80)62-58-54-50-46-42-37-30-26-22-18-14-10-6-2)68-90-94(83,84)88-64-69(76)63-87-93(81,82)89-67-70(91-74(79)61-57-53-49-45-40-28-24-20-16-12-8-4)65-85-72(77)59-55-51-47-43-39-27-23-19-15-11-7-3/h9,13,19-21,23-26,30-32,34-35,38,41,69-71,76H,5-8,10-12,14-18,22,27-29,33,36-37,39-40,42-68H2,1-4H3,(H,81,82)(H,83,84)/b13-9-,23-19-,24-20-,25-21-,30-26-,32-31-,35-34-,41-38-. The summed E-state index contributed by atoms with van der Waals surface area (Å²) in [5.41, 5.74) is 0. The van der Waals surface area contributed by atoms with Gasteiger partial charge >= 0.3 is 39.5 Å². The van der Waals surface area contributed by atoms with Crippen molar-refractivity contribution in [2.75, 3.05) is 39.6 Å². The quantitative estimate of drug-likeness (QED) is 0.0169. The first-order valence-corrected chi connectivity index (χ1v) is 39.5. The summed E-state index contributed by atoms with van der Waals surface area (Å²) < 4.78 is 68.2. The van der Waals surface area contributed by atoms with E-state index in [1.54, 1.807) is 0 Å². The Labute approximate surface area is 569 Å². The van der Waals surface area contributed by atoms with E-state index >= 15 is 0 Å². The van der Waals surface area contributed by atoms with Gasteiger partial charge in [0.25, 0.3) is 0 Å². The lowest BCUT2D eigenvalue weighted by Gasteiger charge is -2.21. The van der Waals surface area contributed by atoms with Crippen LogP contribution in [0.3, 0.4) is 0 Å². The zero-order valence-corrected chi connectivity index (χ0v) is 60.7. The van der Waals surface area contributed by atoms with Crippen LogP contribution in [0.15, 0.2) is 97.2 Å². The Morgan fingerprint density at radius 3 is 0.904 bits per heavy atom. The molecule has 19 heteroatoms. The summed E-state index contributed by atoms with van der Waals surface area (Å²) in [6, 6.07) is 0. The molecule has 0 heterocycles. The third-order valence-corrected chi connectivity index (χ3v) is 16.9. The predicted octanol–water partition coefficient (Wildman–Crippen LogP) is 20.4. The number of allylic oxidation sites excluding steroid dienone is 16. The summed E-state index contributed by atoms with van der Waals surface area (Å²) in [5.74, 6) is -2.24. The van der Waals surface area contributed by atoms with Crippen LogP contribution >= 0.6 is 15.6 Å². The molecule has 0 aromatic heterocycles. The Kier molecular flexibility index (Phi) is 64.7. The van der Waals surface area contributed by atoms with E-state index < -0.39 is 97.5 Å². The first-order chi connectivity index (χ1) is 45.7. The number of unbranched alkanes of at least 4 members (excludes halogenated alkanes) is 26. The molecule has 0 aliphatic rings. The fourth-order valence-corrected chi connectivity index (χ4v) is 11.0. The van der Waals surface area contributed by atoms with Crippen LogP contribution in [0.1, 0.15) is 297 Å². The second kappa shape index (κ2) is 67.5. The van der Waals surface area contributed by atoms with Gasteiger partial charge in [0.2, 0.25) is 0 Å². The van der Waals surface area contributed by atoms with Gasteiger partial charge in [-0.1, -0.05) is 234 Å². The van der Waals surface area contributed by atoms with Crippen LogP contribution < -0.4 is 0 Å². The van der Waals surface area contributed by atoms with Crippen LogP contribution in [0.4, 0.5) is 0 Å². The third kappa shape index (κ3) is 66.6. The second-order valence-electron chi connectivity index (χ2n) is 24.1. The van der Waals surface area contributed by atoms with E-state index in [1.165, 1.54) is 51.4 Å². The zero-order valence-electron chi connectivity index (χ0n) is 58.9. The average molecular weight is 1370 g/mol. The van der Waals surface area contributed by atoms with Crippen LogP contribution in [0.25, 0.3) is 0 Å². The van der Waals surface area contributed by atoms with Crippen molar-refractivity contribution in [1.29, 1.82) is 0 Å². The molecule has 0 aromatic carbocycles. The Hall–Kier alpha value is -4.02.